The number of benzene rings is 1. The van der Waals surface area contributed by atoms with Crippen molar-refractivity contribution in [2.75, 3.05) is 7.05 Å². The number of fused-ring (bicyclic) bond motifs is 1. The van der Waals surface area contributed by atoms with Crippen LogP contribution in [0, 0.1) is 13.8 Å². The van der Waals surface area contributed by atoms with Crippen LogP contribution in [0.15, 0.2) is 36.5 Å². The molecule has 3 aromatic rings. The molecule has 0 atom stereocenters. The van der Waals surface area contributed by atoms with Gasteiger partial charge in [0.25, 0.3) is 0 Å². The Bertz CT molecular complexity index is 758. The van der Waals surface area contributed by atoms with Crippen LogP contribution in [0.5, 0.6) is 0 Å². The van der Waals surface area contributed by atoms with Gasteiger partial charge in [-0.25, -0.2) is 9.50 Å². The van der Waals surface area contributed by atoms with E-state index in [9.17, 15) is 0 Å². The van der Waals surface area contributed by atoms with E-state index in [1.807, 2.05) is 29.9 Å². The Morgan fingerprint density at radius 3 is 2.70 bits per heavy atom. The van der Waals surface area contributed by atoms with Crippen LogP contribution < -0.4 is 5.32 Å². The second-order valence-electron chi connectivity index (χ2n) is 5.08. The molecular formula is C16H18N4. The summed E-state index contributed by atoms with van der Waals surface area (Å²) in [6.07, 6.45) is 1.97. The Morgan fingerprint density at radius 2 is 1.95 bits per heavy atom. The van der Waals surface area contributed by atoms with E-state index in [2.05, 4.69) is 47.4 Å². The molecule has 0 fully saturated rings. The van der Waals surface area contributed by atoms with Gasteiger partial charge < -0.3 is 5.32 Å². The number of aromatic nitrogens is 3. The van der Waals surface area contributed by atoms with Crippen LogP contribution in [0.1, 0.15) is 16.8 Å². The average molecular weight is 266 g/mol. The zero-order chi connectivity index (χ0) is 14.1. The third-order valence-electron chi connectivity index (χ3n) is 3.53. The Hall–Kier alpha value is -2.20. The van der Waals surface area contributed by atoms with Crippen LogP contribution in [-0.4, -0.2) is 21.6 Å². The van der Waals surface area contributed by atoms with Gasteiger partial charge in [-0.1, -0.05) is 12.1 Å². The number of rotatable bonds is 3. The normalized spacial score (nSPS) is 11.2. The van der Waals surface area contributed by atoms with Crippen LogP contribution in [0.25, 0.3) is 16.9 Å². The summed E-state index contributed by atoms with van der Waals surface area (Å²) < 4.78 is 1.84. The molecule has 0 amide bonds. The molecule has 20 heavy (non-hydrogen) atoms. The number of nitrogens with one attached hydrogen (secondary N) is 1. The van der Waals surface area contributed by atoms with Crippen LogP contribution in [-0.2, 0) is 6.54 Å². The lowest BCUT2D eigenvalue weighted by Crippen LogP contribution is -2.04. The van der Waals surface area contributed by atoms with Gasteiger partial charge in [0.1, 0.15) is 0 Å². The molecule has 4 nitrogen and oxygen atoms in total. The average Bonchev–Trinajstić information content (AvgIpc) is 2.83. The van der Waals surface area contributed by atoms with E-state index in [1.54, 1.807) is 0 Å². The number of imidazole rings is 1. The summed E-state index contributed by atoms with van der Waals surface area (Å²) in [5.41, 5.74) is 6.56. The fourth-order valence-corrected chi connectivity index (χ4v) is 2.25. The van der Waals surface area contributed by atoms with E-state index < -0.39 is 0 Å². The summed E-state index contributed by atoms with van der Waals surface area (Å²) >= 11 is 0. The molecule has 0 radical (unpaired) electrons. The zero-order valence-corrected chi connectivity index (χ0v) is 12.0. The number of nitrogens with zero attached hydrogens (tertiary/aromatic N) is 3. The van der Waals surface area contributed by atoms with Crippen LogP contribution >= 0.6 is 0 Å². The van der Waals surface area contributed by atoms with Gasteiger partial charge in [0.15, 0.2) is 5.65 Å². The molecule has 3 rings (SSSR count). The van der Waals surface area contributed by atoms with E-state index in [4.69, 9.17) is 0 Å². The minimum absolute atomic E-state index is 0.752. The molecule has 2 heterocycles. The van der Waals surface area contributed by atoms with Crippen molar-refractivity contribution in [3.63, 3.8) is 0 Å². The third-order valence-corrected chi connectivity index (χ3v) is 3.53. The van der Waals surface area contributed by atoms with Crippen molar-refractivity contribution in [3.05, 3.63) is 53.3 Å². The molecule has 0 saturated heterocycles. The van der Waals surface area contributed by atoms with Gasteiger partial charge in [-0.3, -0.25) is 0 Å². The molecule has 0 saturated carbocycles. The molecule has 0 aliphatic carbocycles. The number of hydrogen-bond donors (Lipinski definition) is 1. The summed E-state index contributed by atoms with van der Waals surface area (Å²) in [5, 5.41) is 7.75. The van der Waals surface area contributed by atoms with Crippen LogP contribution in [0.3, 0.4) is 0 Å². The second kappa shape index (κ2) is 5.06. The third kappa shape index (κ3) is 2.30. The van der Waals surface area contributed by atoms with Crippen molar-refractivity contribution in [1.29, 1.82) is 0 Å². The van der Waals surface area contributed by atoms with Crippen molar-refractivity contribution in [3.8, 4) is 11.3 Å². The van der Waals surface area contributed by atoms with Gasteiger partial charge in [-0.15, -0.1) is 0 Å². The van der Waals surface area contributed by atoms with Crippen molar-refractivity contribution in [2.24, 2.45) is 0 Å². The van der Waals surface area contributed by atoms with E-state index in [-0.39, 0.29) is 0 Å². The fraction of sp³-hybridized carbons (Fsp3) is 0.250. The van der Waals surface area contributed by atoms with Crippen molar-refractivity contribution < 1.29 is 0 Å². The van der Waals surface area contributed by atoms with E-state index >= 15 is 0 Å². The maximum atomic E-state index is 4.65. The monoisotopic (exact) mass is 266 g/mol. The zero-order valence-electron chi connectivity index (χ0n) is 12.0. The fourth-order valence-electron chi connectivity index (χ4n) is 2.25. The minimum atomic E-state index is 0.752. The molecule has 1 N–H and O–H groups in total. The highest BCUT2D eigenvalue weighted by Crippen LogP contribution is 2.20. The Labute approximate surface area is 118 Å². The molecule has 0 spiro atoms. The quantitative estimate of drug-likeness (QED) is 0.792. The molecule has 1 aromatic carbocycles. The van der Waals surface area contributed by atoms with Crippen LogP contribution in [0.2, 0.25) is 0 Å². The highest BCUT2D eigenvalue weighted by molar-refractivity contribution is 5.62. The van der Waals surface area contributed by atoms with Crippen molar-refractivity contribution in [1.82, 2.24) is 19.9 Å². The summed E-state index contributed by atoms with van der Waals surface area (Å²) in [7, 11) is 1.91. The summed E-state index contributed by atoms with van der Waals surface area (Å²) in [4.78, 5) is 4.51. The lowest BCUT2D eigenvalue weighted by molar-refractivity contribution is 0.796. The first-order valence-electron chi connectivity index (χ1n) is 6.75. The minimum Gasteiger partial charge on any atom is -0.314 e. The largest absolute Gasteiger partial charge is 0.314 e. The van der Waals surface area contributed by atoms with Gasteiger partial charge in [0.2, 0.25) is 0 Å². The number of aryl methyl sites for hydroxylation is 2. The SMILES string of the molecule is CNCc1cn2nc(-c3ccc(C)c(C)c3)ccc2n1. The first kappa shape index (κ1) is 12.8. The standard InChI is InChI=1S/C16H18N4/c1-11-4-5-13(8-12(11)2)15-6-7-16-18-14(9-17-3)10-20(16)19-15/h4-8,10,17H,9H2,1-3H3. The molecule has 0 aliphatic heterocycles. The second-order valence-corrected chi connectivity index (χ2v) is 5.08. The molecule has 0 aliphatic rings. The first-order valence-corrected chi connectivity index (χ1v) is 6.75. The number of hydrogen-bond acceptors (Lipinski definition) is 3. The molecule has 0 unspecified atom stereocenters. The Morgan fingerprint density at radius 1 is 1.10 bits per heavy atom. The van der Waals surface area contributed by atoms with Gasteiger partial charge in [-0.2, -0.15) is 5.10 Å². The predicted octanol–water partition coefficient (Wildman–Crippen LogP) is 2.73. The van der Waals surface area contributed by atoms with Gasteiger partial charge >= 0.3 is 0 Å². The maximum absolute atomic E-state index is 4.65. The van der Waals surface area contributed by atoms with E-state index in [0.29, 0.717) is 0 Å². The Balaban J connectivity index is 2.05. The molecule has 2 aromatic heterocycles. The van der Waals surface area contributed by atoms with Crippen LogP contribution in [0.4, 0.5) is 0 Å². The van der Waals surface area contributed by atoms with E-state index in [1.165, 1.54) is 11.1 Å². The lowest BCUT2D eigenvalue weighted by atomic mass is 10.0. The topological polar surface area (TPSA) is 42.2 Å². The lowest BCUT2D eigenvalue weighted by Gasteiger charge is -2.05. The molecule has 0 bridgehead atoms. The molecule has 4 heteroatoms. The highest BCUT2D eigenvalue weighted by atomic mass is 15.2. The van der Waals surface area contributed by atoms with Crippen molar-refractivity contribution in [2.45, 2.75) is 20.4 Å². The molecule has 102 valence electrons. The summed E-state index contributed by atoms with van der Waals surface area (Å²) in [6.45, 7) is 5.00. The van der Waals surface area contributed by atoms with Crippen molar-refractivity contribution >= 4 is 5.65 Å². The smallest absolute Gasteiger partial charge is 0.153 e. The van der Waals surface area contributed by atoms with Gasteiger partial charge in [-0.05, 0) is 50.2 Å². The summed E-state index contributed by atoms with van der Waals surface area (Å²) in [6, 6.07) is 10.5. The predicted molar refractivity (Wildman–Crippen MR) is 80.7 cm³/mol. The first-order chi connectivity index (χ1) is 9.67. The van der Waals surface area contributed by atoms with Gasteiger partial charge in [0.05, 0.1) is 17.6 Å². The maximum Gasteiger partial charge on any atom is 0.153 e. The Kier molecular flexibility index (Phi) is 3.24. The summed E-state index contributed by atoms with van der Waals surface area (Å²) in [5.74, 6) is 0. The van der Waals surface area contributed by atoms with Gasteiger partial charge in [0, 0.05) is 12.1 Å². The van der Waals surface area contributed by atoms with E-state index in [0.717, 1.165) is 29.1 Å². The highest BCUT2D eigenvalue weighted by Gasteiger charge is 2.05. The molecular weight excluding hydrogens is 248 g/mol.